The molecule has 0 aliphatic heterocycles. The first kappa shape index (κ1) is 24.3. The highest BCUT2D eigenvalue weighted by Gasteiger charge is 2.21. The van der Waals surface area contributed by atoms with Crippen LogP contribution in [0.2, 0.25) is 0 Å². The van der Waals surface area contributed by atoms with Crippen LogP contribution in [-0.2, 0) is 0 Å². The van der Waals surface area contributed by atoms with Gasteiger partial charge in [0.1, 0.15) is 22.8 Å². The van der Waals surface area contributed by atoms with Crippen molar-refractivity contribution in [2.24, 2.45) is 0 Å². The molecule has 6 aromatic carbocycles. The van der Waals surface area contributed by atoms with E-state index >= 15 is 4.39 Å². The molecule has 42 heavy (non-hydrogen) atoms. The number of aromatic nitrogens is 2. The fraction of sp³-hybridized carbons (Fsp3) is 0.0263. The molecule has 0 N–H and O–H groups in total. The van der Waals surface area contributed by atoms with Crippen molar-refractivity contribution in [2.45, 2.75) is 6.92 Å². The number of hydrogen-bond acceptors (Lipinski definition) is 2. The van der Waals surface area contributed by atoms with E-state index in [0.29, 0.717) is 11.5 Å². The largest absolute Gasteiger partial charge is 0.455 e. The summed E-state index contributed by atoms with van der Waals surface area (Å²) in [6.45, 7) is 2.12. The lowest BCUT2D eigenvalue weighted by Crippen LogP contribution is -2.01. The highest BCUT2D eigenvalue weighted by Crippen LogP contribution is 2.39. The first-order valence-electron chi connectivity index (χ1n) is 14.0. The van der Waals surface area contributed by atoms with Gasteiger partial charge in [-0.1, -0.05) is 91.0 Å². The standard InChI is InChI=1S/C38H25FN2O/c1-24-10-5-6-13-28(24)27-18-20-29-30-14-9-15-31(37(30)42-36(29)23-27)38-40-33-16-7-8-17-35(33)41(38)34-21-19-26(22-32(34)39)25-11-3-2-4-12-25/h2-23H,1H3. The molecule has 2 heterocycles. The molecule has 0 aliphatic carbocycles. The number of fused-ring (bicyclic) bond motifs is 4. The van der Waals surface area contributed by atoms with Gasteiger partial charge in [0.05, 0.1) is 22.3 Å². The van der Waals surface area contributed by atoms with Gasteiger partial charge in [-0.15, -0.1) is 0 Å². The molecule has 0 fully saturated rings. The number of furan rings is 1. The second kappa shape index (κ2) is 9.57. The number of imidazole rings is 1. The van der Waals surface area contributed by atoms with Gasteiger partial charge in [-0.25, -0.2) is 9.37 Å². The summed E-state index contributed by atoms with van der Waals surface area (Å²) in [5.41, 5.74) is 9.68. The highest BCUT2D eigenvalue weighted by molar-refractivity contribution is 6.10. The van der Waals surface area contributed by atoms with Crippen molar-refractivity contribution in [1.82, 2.24) is 9.55 Å². The Morgan fingerprint density at radius 3 is 2.24 bits per heavy atom. The Kier molecular flexibility index (Phi) is 5.54. The van der Waals surface area contributed by atoms with Crippen LogP contribution < -0.4 is 0 Å². The molecule has 200 valence electrons. The topological polar surface area (TPSA) is 31.0 Å². The number of halogens is 1. The molecule has 8 aromatic rings. The minimum atomic E-state index is -0.319. The van der Waals surface area contributed by atoms with E-state index < -0.39 is 0 Å². The maximum atomic E-state index is 16.0. The van der Waals surface area contributed by atoms with Gasteiger partial charge in [0.2, 0.25) is 0 Å². The molecule has 4 heteroatoms. The molecular weight excluding hydrogens is 519 g/mol. The van der Waals surface area contributed by atoms with Crippen molar-refractivity contribution in [3.8, 4) is 39.3 Å². The van der Waals surface area contributed by atoms with Gasteiger partial charge in [0, 0.05) is 10.8 Å². The number of hydrogen-bond donors (Lipinski definition) is 0. The van der Waals surface area contributed by atoms with Gasteiger partial charge in [-0.2, -0.15) is 0 Å². The SMILES string of the molecule is Cc1ccccc1-c1ccc2c(c1)oc1c(-c3nc4ccccc4n3-c3ccc(-c4ccccc4)cc3F)cccc12. The fourth-order valence-corrected chi connectivity index (χ4v) is 5.99. The van der Waals surface area contributed by atoms with Crippen LogP contribution in [0.3, 0.4) is 0 Å². The van der Waals surface area contributed by atoms with Gasteiger partial charge in [0.25, 0.3) is 0 Å². The van der Waals surface area contributed by atoms with Crippen LogP contribution in [0.4, 0.5) is 4.39 Å². The summed E-state index contributed by atoms with van der Waals surface area (Å²) >= 11 is 0. The van der Waals surface area contributed by atoms with E-state index in [0.717, 1.165) is 55.2 Å². The average molecular weight is 545 g/mol. The Balaban J connectivity index is 1.34. The lowest BCUT2D eigenvalue weighted by molar-refractivity contribution is 0.620. The van der Waals surface area contributed by atoms with Crippen LogP contribution in [0.15, 0.2) is 138 Å². The van der Waals surface area contributed by atoms with Crippen molar-refractivity contribution in [3.63, 3.8) is 0 Å². The maximum absolute atomic E-state index is 16.0. The summed E-state index contributed by atoms with van der Waals surface area (Å²) in [6, 6.07) is 43.9. The highest BCUT2D eigenvalue weighted by atomic mass is 19.1. The molecule has 2 aromatic heterocycles. The average Bonchev–Trinajstić information content (AvgIpc) is 3.60. The Hall–Kier alpha value is -5.48. The minimum Gasteiger partial charge on any atom is -0.455 e. The van der Waals surface area contributed by atoms with Crippen LogP contribution in [0, 0.1) is 12.7 Å². The Morgan fingerprint density at radius 1 is 0.619 bits per heavy atom. The van der Waals surface area contributed by atoms with Gasteiger partial charge in [0.15, 0.2) is 0 Å². The molecular formula is C38H25FN2O. The van der Waals surface area contributed by atoms with Gasteiger partial charge < -0.3 is 4.42 Å². The predicted molar refractivity (Wildman–Crippen MR) is 169 cm³/mol. The molecule has 3 nitrogen and oxygen atoms in total. The van der Waals surface area contributed by atoms with E-state index in [1.54, 1.807) is 6.07 Å². The van der Waals surface area contributed by atoms with Crippen molar-refractivity contribution in [3.05, 3.63) is 145 Å². The summed E-state index contributed by atoms with van der Waals surface area (Å²) in [7, 11) is 0. The molecule has 0 amide bonds. The zero-order valence-electron chi connectivity index (χ0n) is 22.9. The van der Waals surface area contributed by atoms with Crippen molar-refractivity contribution in [1.29, 1.82) is 0 Å². The van der Waals surface area contributed by atoms with E-state index in [-0.39, 0.29) is 5.82 Å². The summed E-state index contributed by atoms with van der Waals surface area (Å²) in [5.74, 6) is 0.312. The lowest BCUT2D eigenvalue weighted by atomic mass is 9.99. The number of aryl methyl sites for hydroxylation is 1. The molecule has 0 bridgehead atoms. The molecule has 0 unspecified atom stereocenters. The van der Waals surface area contributed by atoms with Crippen LogP contribution in [0.5, 0.6) is 0 Å². The van der Waals surface area contributed by atoms with Crippen LogP contribution in [-0.4, -0.2) is 9.55 Å². The second-order valence-corrected chi connectivity index (χ2v) is 10.6. The monoisotopic (exact) mass is 544 g/mol. The Bertz CT molecular complexity index is 2280. The van der Waals surface area contributed by atoms with Crippen molar-refractivity contribution < 1.29 is 8.81 Å². The molecule has 0 aliphatic rings. The quantitative estimate of drug-likeness (QED) is 0.221. The van der Waals surface area contributed by atoms with Crippen LogP contribution in [0.25, 0.3) is 72.3 Å². The van der Waals surface area contributed by atoms with Gasteiger partial charge >= 0.3 is 0 Å². The number of rotatable bonds is 4. The summed E-state index contributed by atoms with van der Waals surface area (Å²) in [6.07, 6.45) is 0. The number of nitrogens with zero attached hydrogens (tertiary/aromatic N) is 2. The van der Waals surface area contributed by atoms with Gasteiger partial charge in [-0.05, 0) is 77.2 Å². The first-order valence-corrected chi connectivity index (χ1v) is 14.0. The smallest absolute Gasteiger partial charge is 0.149 e. The third-order valence-corrected chi connectivity index (χ3v) is 8.05. The molecule has 0 saturated carbocycles. The van der Waals surface area contributed by atoms with Crippen molar-refractivity contribution >= 4 is 33.0 Å². The predicted octanol–water partition coefficient (Wildman–Crippen LogP) is 10.4. The Labute approximate surface area is 242 Å². The third-order valence-electron chi connectivity index (χ3n) is 8.05. The molecule has 0 saturated heterocycles. The zero-order valence-corrected chi connectivity index (χ0v) is 22.9. The molecule has 0 atom stereocenters. The maximum Gasteiger partial charge on any atom is 0.149 e. The minimum absolute atomic E-state index is 0.319. The van der Waals surface area contributed by atoms with Gasteiger partial charge in [-0.3, -0.25) is 4.57 Å². The molecule has 0 radical (unpaired) electrons. The van der Waals surface area contributed by atoms with E-state index in [2.05, 4.69) is 55.5 Å². The number of para-hydroxylation sites is 3. The summed E-state index contributed by atoms with van der Waals surface area (Å²) < 4.78 is 24.5. The fourth-order valence-electron chi connectivity index (χ4n) is 5.99. The lowest BCUT2D eigenvalue weighted by Gasteiger charge is -2.12. The normalized spacial score (nSPS) is 11.6. The van der Waals surface area contributed by atoms with Crippen molar-refractivity contribution in [2.75, 3.05) is 0 Å². The zero-order chi connectivity index (χ0) is 28.2. The van der Waals surface area contributed by atoms with E-state index in [9.17, 15) is 0 Å². The third kappa shape index (κ3) is 3.84. The number of benzene rings is 6. The first-order chi connectivity index (χ1) is 20.7. The Morgan fingerprint density at radius 2 is 1.38 bits per heavy atom. The van der Waals surface area contributed by atoms with E-state index in [1.165, 1.54) is 11.1 Å². The van der Waals surface area contributed by atoms with E-state index in [1.807, 2.05) is 83.4 Å². The van der Waals surface area contributed by atoms with E-state index in [4.69, 9.17) is 9.40 Å². The second-order valence-electron chi connectivity index (χ2n) is 10.6. The summed E-state index contributed by atoms with van der Waals surface area (Å²) in [5, 5.41) is 2.03. The molecule has 8 rings (SSSR count). The summed E-state index contributed by atoms with van der Waals surface area (Å²) in [4.78, 5) is 5.01. The van der Waals surface area contributed by atoms with Crippen LogP contribution >= 0.6 is 0 Å². The molecule has 0 spiro atoms. The van der Waals surface area contributed by atoms with Crippen LogP contribution in [0.1, 0.15) is 5.56 Å².